The van der Waals surface area contributed by atoms with Crippen LogP contribution in [0.25, 0.3) is 0 Å². The molecule has 0 N–H and O–H groups in total. The van der Waals surface area contributed by atoms with Crippen LogP contribution in [0.3, 0.4) is 0 Å². The summed E-state index contributed by atoms with van der Waals surface area (Å²) >= 11 is 0. The van der Waals surface area contributed by atoms with E-state index >= 15 is 0 Å². The van der Waals surface area contributed by atoms with Crippen molar-refractivity contribution >= 4 is 5.91 Å². The van der Waals surface area contributed by atoms with E-state index in [1.54, 1.807) is 6.07 Å². The first kappa shape index (κ1) is 10.6. The highest BCUT2D eigenvalue weighted by molar-refractivity contribution is 5.82. The number of carbonyl (C=O) groups is 1. The number of halogens is 1. The summed E-state index contributed by atoms with van der Waals surface area (Å²) in [6, 6.07) is 4.41. The van der Waals surface area contributed by atoms with E-state index in [1.807, 2.05) is 4.90 Å². The maximum absolute atomic E-state index is 13.0. The SMILES string of the molecule is O=C(C1Cc2cc(F)ccc2O1)N1CCCC1. The molecule has 0 saturated carbocycles. The summed E-state index contributed by atoms with van der Waals surface area (Å²) in [6.07, 6.45) is 2.17. The minimum atomic E-state index is -0.454. The van der Waals surface area contributed by atoms with Crippen molar-refractivity contribution in [3.05, 3.63) is 29.6 Å². The maximum Gasteiger partial charge on any atom is 0.263 e. The molecule has 90 valence electrons. The summed E-state index contributed by atoms with van der Waals surface area (Å²) in [5.41, 5.74) is 0.794. The van der Waals surface area contributed by atoms with E-state index in [1.165, 1.54) is 12.1 Å². The quantitative estimate of drug-likeness (QED) is 0.742. The zero-order chi connectivity index (χ0) is 11.8. The van der Waals surface area contributed by atoms with Gasteiger partial charge in [-0.3, -0.25) is 4.79 Å². The largest absolute Gasteiger partial charge is 0.480 e. The molecule has 2 aliphatic rings. The molecule has 0 aromatic heterocycles. The highest BCUT2D eigenvalue weighted by Crippen LogP contribution is 2.30. The van der Waals surface area contributed by atoms with Crippen molar-refractivity contribution in [1.82, 2.24) is 4.90 Å². The van der Waals surface area contributed by atoms with Gasteiger partial charge in [0, 0.05) is 25.1 Å². The molecule has 1 saturated heterocycles. The fourth-order valence-corrected chi connectivity index (χ4v) is 2.50. The predicted molar refractivity (Wildman–Crippen MR) is 60.3 cm³/mol. The van der Waals surface area contributed by atoms with Gasteiger partial charge >= 0.3 is 0 Å². The first-order valence-corrected chi connectivity index (χ1v) is 5.98. The molecule has 2 heterocycles. The van der Waals surface area contributed by atoms with Crippen LogP contribution in [-0.2, 0) is 11.2 Å². The Labute approximate surface area is 99.2 Å². The van der Waals surface area contributed by atoms with Gasteiger partial charge in [-0.05, 0) is 31.0 Å². The number of rotatable bonds is 1. The molecule has 3 nitrogen and oxygen atoms in total. The minimum absolute atomic E-state index is 0.0408. The van der Waals surface area contributed by atoms with Crippen molar-refractivity contribution in [2.75, 3.05) is 13.1 Å². The summed E-state index contributed by atoms with van der Waals surface area (Å²) in [6.45, 7) is 1.65. The van der Waals surface area contributed by atoms with Gasteiger partial charge in [-0.25, -0.2) is 4.39 Å². The third-order valence-corrected chi connectivity index (χ3v) is 3.39. The van der Waals surface area contributed by atoms with Crippen LogP contribution in [-0.4, -0.2) is 30.0 Å². The van der Waals surface area contributed by atoms with Crippen LogP contribution in [0.2, 0.25) is 0 Å². The number of amides is 1. The zero-order valence-electron chi connectivity index (χ0n) is 9.49. The molecule has 4 heteroatoms. The Bertz CT molecular complexity index is 455. The van der Waals surface area contributed by atoms with Gasteiger partial charge in [0.15, 0.2) is 6.10 Å². The fraction of sp³-hybridized carbons (Fsp3) is 0.462. The Kier molecular flexibility index (Phi) is 2.50. The Morgan fingerprint density at radius 1 is 1.35 bits per heavy atom. The van der Waals surface area contributed by atoms with E-state index < -0.39 is 6.10 Å². The second-order valence-electron chi connectivity index (χ2n) is 4.60. The van der Waals surface area contributed by atoms with Crippen molar-refractivity contribution < 1.29 is 13.9 Å². The number of fused-ring (bicyclic) bond motifs is 1. The Hall–Kier alpha value is -1.58. The van der Waals surface area contributed by atoms with Crippen LogP contribution < -0.4 is 4.74 Å². The molecule has 1 amide bonds. The van der Waals surface area contributed by atoms with Gasteiger partial charge in [0.25, 0.3) is 5.91 Å². The number of nitrogens with zero attached hydrogens (tertiary/aromatic N) is 1. The van der Waals surface area contributed by atoms with Gasteiger partial charge in [0.2, 0.25) is 0 Å². The van der Waals surface area contributed by atoms with Gasteiger partial charge < -0.3 is 9.64 Å². The number of likely N-dealkylation sites (tertiary alicyclic amines) is 1. The average molecular weight is 235 g/mol. The second-order valence-corrected chi connectivity index (χ2v) is 4.60. The Morgan fingerprint density at radius 2 is 2.12 bits per heavy atom. The molecule has 0 radical (unpaired) electrons. The molecule has 17 heavy (non-hydrogen) atoms. The van der Waals surface area contributed by atoms with E-state index in [9.17, 15) is 9.18 Å². The van der Waals surface area contributed by atoms with Crippen LogP contribution >= 0.6 is 0 Å². The lowest BCUT2D eigenvalue weighted by Crippen LogP contribution is -2.39. The fourth-order valence-electron chi connectivity index (χ4n) is 2.50. The van der Waals surface area contributed by atoms with Gasteiger partial charge in [0.1, 0.15) is 11.6 Å². The van der Waals surface area contributed by atoms with Crippen molar-refractivity contribution in [2.45, 2.75) is 25.4 Å². The van der Waals surface area contributed by atoms with E-state index in [0.717, 1.165) is 31.5 Å². The molecular formula is C13H14FNO2. The summed E-state index contributed by atoms with van der Waals surface area (Å²) in [7, 11) is 0. The molecule has 1 aromatic rings. The smallest absolute Gasteiger partial charge is 0.263 e. The number of ether oxygens (including phenoxy) is 1. The van der Waals surface area contributed by atoms with E-state index in [4.69, 9.17) is 4.74 Å². The summed E-state index contributed by atoms with van der Waals surface area (Å²) in [5, 5.41) is 0. The van der Waals surface area contributed by atoms with Crippen molar-refractivity contribution in [3.8, 4) is 5.75 Å². The standard InChI is InChI=1S/C13H14FNO2/c14-10-3-4-11-9(7-10)8-12(17-11)13(16)15-5-1-2-6-15/h3-4,7,12H,1-2,5-6,8H2. The van der Waals surface area contributed by atoms with Crippen LogP contribution in [0, 0.1) is 5.82 Å². The van der Waals surface area contributed by atoms with Crippen molar-refractivity contribution in [2.24, 2.45) is 0 Å². The second kappa shape index (κ2) is 4.02. The average Bonchev–Trinajstić information content (AvgIpc) is 2.96. The highest BCUT2D eigenvalue weighted by atomic mass is 19.1. The number of hydrogen-bond donors (Lipinski definition) is 0. The third kappa shape index (κ3) is 1.88. The number of benzene rings is 1. The minimum Gasteiger partial charge on any atom is -0.480 e. The number of carbonyl (C=O) groups excluding carboxylic acids is 1. The lowest BCUT2D eigenvalue weighted by Gasteiger charge is -2.19. The number of hydrogen-bond acceptors (Lipinski definition) is 2. The van der Waals surface area contributed by atoms with Crippen molar-refractivity contribution in [1.29, 1.82) is 0 Å². The van der Waals surface area contributed by atoms with E-state index in [0.29, 0.717) is 12.2 Å². The predicted octanol–water partition coefficient (Wildman–Crippen LogP) is 1.75. The summed E-state index contributed by atoms with van der Waals surface area (Å²) in [4.78, 5) is 13.9. The monoisotopic (exact) mass is 235 g/mol. The zero-order valence-corrected chi connectivity index (χ0v) is 9.49. The molecular weight excluding hydrogens is 221 g/mol. The van der Waals surface area contributed by atoms with Crippen molar-refractivity contribution in [3.63, 3.8) is 0 Å². The molecule has 3 rings (SSSR count). The lowest BCUT2D eigenvalue weighted by atomic mass is 10.1. The van der Waals surface area contributed by atoms with Gasteiger partial charge in [-0.1, -0.05) is 0 Å². The molecule has 1 fully saturated rings. The molecule has 1 unspecified atom stereocenters. The maximum atomic E-state index is 13.0. The van der Waals surface area contributed by atoms with Crippen LogP contribution in [0.5, 0.6) is 5.75 Å². The molecule has 1 atom stereocenters. The highest BCUT2D eigenvalue weighted by Gasteiger charge is 2.33. The molecule has 0 spiro atoms. The summed E-state index contributed by atoms with van der Waals surface area (Å²) < 4.78 is 18.6. The van der Waals surface area contributed by atoms with E-state index in [2.05, 4.69) is 0 Å². The van der Waals surface area contributed by atoms with Crippen LogP contribution in [0.4, 0.5) is 4.39 Å². The van der Waals surface area contributed by atoms with Crippen LogP contribution in [0.1, 0.15) is 18.4 Å². The van der Waals surface area contributed by atoms with Crippen LogP contribution in [0.15, 0.2) is 18.2 Å². The Balaban J connectivity index is 1.75. The molecule has 1 aromatic carbocycles. The first-order chi connectivity index (χ1) is 8.24. The Morgan fingerprint density at radius 3 is 2.88 bits per heavy atom. The van der Waals surface area contributed by atoms with Gasteiger partial charge in [-0.15, -0.1) is 0 Å². The topological polar surface area (TPSA) is 29.5 Å². The summed E-state index contributed by atoms with van der Waals surface area (Å²) in [5.74, 6) is 0.407. The molecule has 0 bridgehead atoms. The van der Waals surface area contributed by atoms with Gasteiger partial charge in [0.05, 0.1) is 0 Å². The first-order valence-electron chi connectivity index (χ1n) is 5.98. The van der Waals surface area contributed by atoms with E-state index in [-0.39, 0.29) is 11.7 Å². The molecule has 2 aliphatic heterocycles. The van der Waals surface area contributed by atoms with Gasteiger partial charge in [-0.2, -0.15) is 0 Å². The normalized spacial score (nSPS) is 22.4. The lowest BCUT2D eigenvalue weighted by molar-refractivity contribution is -0.136. The molecule has 0 aliphatic carbocycles. The third-order valence-electron chi connectivity index (χ3n) is 3.39.